The van der Waals surface area contributed by atoms with Crippen LogP contribution in [0.3, 0.4) is 0 Å². The number of allylic oxidation sites excluding steroid dienone is 2. The zero-order valence-corrected chi connectivity index (χ0v) is 23.9. The topological polar surface area (TPSA) is 138 Å². The van der Waals surface area contributed by atoms with Gasteiger partial charge in [-0.2, -0.15) is 0 Å². The van der Waals surface area contributed by atoms with Crippen molar-refractivity contribution in [1.29, 1.82) is 0 Å². The molecule has 0 saturated heterocycles. The van der Waals surface area contributed by atoms with Gasteiger partial charge in [0.25, 0.3) is 5.69 Å². The number of dihydropyridines is 1. The molecule has 0 atom stereocenters. The van der Waals surface area contributed by atoms with Crippen molar-refractivity contribution in [3.05, 3.63) is 86.7 Å². The maximum Gasteiger partial charge on any atom is 0.336 e. The Morgan fingerprint density at radius 1 is 0.878 bits per heavy atom. The molecule has 11 nitrogen and oxygen atoms in total. The predicted molar refractivity (Wildman–Crippen MR) is 153 cm³/mol. The Labute approximate surface area is 239 Å². The van der Waals surface area contributed by atoms with Crippen molar-refractivity contribution in [2.24, 2.45) is 0 Å². The maximum absolute atomic E-state index is 12.9. The van der Waals surface area contributed by atoms with Gasteiger partial charge in [0.05, 0.1) is 49.4 Å². The zero-order valence-electron chi connectivity index (χ0n) is 23.9. The number of nitrogens with zero attached hydrogens (tertiary/aromatic N) is 1. The van der Waals surface area contributed by atoms with E-state index in [1.54, 1.807) is 13.8 Å². The second-order valence-electron chi connectivity index (χ2n) is 9.42. The minimum Gasteiger partial charge on any atom is -0.494 e. The van der Waals surface area contributed by atoms with E-state index in [0.29, 0.717) is 42.3 Å². The molecule has 2 aromatic rings. The van der Waals surface area contributed by atoms with Gasteiger partial charge in [0.1, 0.15) is 11.5 Å². The highest BCUT2D eigenvalue weighted by molar-refractivity contribution is 6.00. The molecule has 11 heteroatoms. The number of nitrogens with one attached hydrogen (secondary N) is 2. The number of carbonyl (C=O) groups is 2. The zero-order chi connectivity index (χ0) is 29.8. The van der Waals surface area contributed by atoms with E-state index in [1.165, 1.54) is 32.4 Å². The molecule has 1 aliphatic heterocycles. The first-order chi connectivity index (χ1) is 19.8. The smallest absolute Gasteiger partial charge is 0.336 e. The first-order valence-corrected chi connectivity index (χ1v) is 13.4. The second-order valence-corrected chi connectivity index (χ2v) is 9.42. The van der Waals surface area contributed by atoms with E-state index >= 15 is 0 Å². The number of ether oxygens (including phenoxy) is 4. The van der Waals surface area contributed by atoms with E-state index in [-0.39, 0.29) is 16.8 Å². The van der Waals surface area contributed by atoms with Crippen LogP contribution in [0.2, 0.25) is 0 Å². The van der Waals surface area contributed by atoms with Gasteiger partial charge in [-0.05, 0) is 64.4 Å². The van der Waals surface area contributed by atoms with Crippen LogP contribution in [0.5, 0.6) is 11.5 Å². The van der Waals surface area contributed by atoms with Gasteiger partial charge in [-0.25, -0.2) is 9.59 Å². The first kappa shape index (κ1) is 31.2. The van der Waals surface area contributed by atoms with E-state index < -0.39 is 22.8 Å². The minimum absolute atomic E-state index is 0.143. The van der Waals surface area contributed by atoms with Gasteiger partial charge >= 0.3 is 11.9 Å². The van der Waals surface area contributed by atoms with E-state index in [0.717, 1.165) is 31.7 Å². The first-order valence-electron chi connectivity index (χ1n) is 13.4. The average Bonchev–Trinajstić information content (AvgIpc) is 2.97. The lowest BCUT2D eigenvalue weighted by atomic mass is 9.80. The van der Waals surface area contributed by atoms with E-state index in [4.69, 9.17) is 18.9 Å². The van der Waals surface area contributed by atoms with Crippen LogP contribution >= 0.6 is 0 Å². The van der Waals surface area contributed by atoms with Crippen molar-refractivity contribution in [1.82, 2.24) is 10.6 Å². The molecule has 0 fully saturated rings. The third-order valence-electron chi connectivity index (χ3n) is 6.60. The number of para-hydroxylation sites is 1. The Morgan fingerprint density at radius 3 is 2.10 bits per heavy atom. The fourth-order valence-electron chi connectivity index (χ4n) is 4.64. The molecule has 41 heavy (non-hydrogen) atoms. The fraction of sp³-hybridized carbons (Fsp3) is 0.400. The molecule has 0 saturated carbocycles. The van der Waals surface area contributed by atoms with Crippen LogP contribution in [-0.4, -0.2) is 57.4 Å². The quantitative estimate of drug-likeness (QED) is 0.138. The molecule has 0 aliphatic carbocycles. The summed E-state index contributed by atoms with van der Waals surface area (Å²) < 4.78 is 21.8. The summed E-state index contributed by atoms with van der Waals surface area (Å²) in [6, 6.07) is 13.8. The van der Waals surface area contributed by atoms with Gasteiger partial charge in [-0.3, -0.25) is 10.1 Å². The highest BCUT2D eigenvalue weighted by Gasteiger charge is 2.39. The average molecular weight is 568 g/mol. The van der Waals surface area contributed by atoms with Crippen LogP contribution in [0.4, 0.5) is 5.69 Å². The molecule has 0 amide bonds. The number of carbonyl (C=O) groups excluding carboxylic acids is 2. The molecule has 2 aromatic carbocycles. The Kier molecular flexibility index (Phi) is 11.7. The number of benzene rings is 2. The number of nitro groups is 1. The van der Waals surface area contributed by atoms with Crippen molar-refractivity contribution in [3.8, 4) is 11.5 Å². The maximum atomic E-state index is 12.9. The van der Waals surface area contributed by atoms with Crippen molar-refractivity contribution >= 4 is 17.6 Å². The number of nitro benzene ring substituents is 1. The molecule has 1 aliphatic rings. The normalized spacial score (nSPS) is 13.5. The van der Waals surface area contributed by atoms with Gasteiger partial charge in [0.2, 0.25) is 0 Å². The summed E-state index contributed by atoms with van der Waals surface area (Å²) in [5, 5.41) is 18.1. The van der Waals surface area contributed by atoms with Crippen molar-refractivity contribution in [2.45, 2.75) is 39.0 Å². The third kappa shape index (κ3) is 8.31. The Balaban J connectivity index is 1.67. The largest absolute Gasteiger partial charge is 0.494 e. The number of hydrogen-bond donors (Lipinski definition) is 2. The molecule has 0 unspecified atom stereocenters. The summed E-state index contributed by atoms with van der Waals surface area (Å²) in [5.41, 5.74) is 1.31. The number of methoxy groups -OCH3 is 2. The number of rotatable bonds is 15. The van der Waals surface area contributed by atoms with Crippen molar-refractivity contribution in [3.63, 3.8) is 0 Å². The lowest BCUT2D eigenvalue weighted by Crippen LogP contribution is -2.32. The van der Waals surface area contributed by atoms with Crippen LogP contribution < -0.4 is 20.1 Å². The summed E-state index contributed by atoms with van der Waals surface area (Å²) in [5.74, 6) is -1.16. The SMILES string of the molecule is COC(=O)C1=C(C)NC(C)=C(C(=O)OC)C1c1cc([N+](=O)[O-])ccc1OCCCCNCCCOc1ccccc1. The molecule has 0 aromatic heterocycles. The third-order valence-corrected chi connectivity index (χ3v) is 6.60. The number of non-ortho nitro benzene ring substituents is 1. The summed E-state index contributed by atoms with van der Waals surface area (Å²) in [4.78, 5) is 36.9. The minimum atomic E-state index is -0.995. The highest BCUT2D eigenvalue weighted by Crippen LogP contribution is 2.44. The van der Waals surface area contributed by atoms with Gasteiger partial charge < -0.3 is 29.6 Å². The number of unbranched alkanes of at least 4 members (excludes halogenated alkanes) is 1. The molecule has 2 N–H and O–H groups in total. The highest BCUT2D eigenvalue weighted by atomic mass is 16.6. The van der Waals surface area contributed by atoms with Crippen LogP contribution in [0.15, 0.2) is 71.1 Å². The standard InChI is InChI=1S/C30H37N3O8/c1-20-26(29(34)38-3)28(27(21(2)32-20)30(35)39-4)24-19-22(33(36)37)13-14-25(24)41-17-9-8-15-31-16-10-18-40-23-11-6-5-7-12-23/h5-7,11-14,19,28,31-32H,8-10,15-18H2,1-4H3. The molecule has 0 bridgehead atoms. The van der Waals surface area contributed by atoms with Crippen molar-refractivity contribution < 1.29 is 33.5 Å². The molecular formula is C30H37N3O8. The Morgan fingerprint density at radius 2 is 1.49 bits per heavy atom. The Bertz CT molecular complexity index is 1250. The summed E-state index contributed by atoms with van der Waals surface area (Å²) in [6.45, 7) is 5.92. The fourth-order valence-corrected chi connectivity index (χ4v) is 4.64. The number of esters is 2. The molecule has 3 rings (SSSR count). The summed E-state index contributed by atoms with van der Waals surface area (Å²) in [6.07, 6.45) is 2.43. The van der Waals surface area contributed by atoms with Crippen molar-refractivity contribution in [2.75, 3.05) is 40.5 Å². The van der Waals surface area contributed by atoms with Gasteiger partial charge in [-0.1, -0.05) is 18.2 Å². The monoisotopic (exact) mass is 567 g/mol. The van der Waals surface area contributed by atoms with Crippen LogP contribution in [-0.2, 0) is 19.1 Å². The second kappa shape index (κ2) is 15.4. The van der Waals surface area contributed by atoms with Crippen LogP contribution in [0, 0.1) is 10.1 Å². The van der Waals surface area contributed by atoms with Gasteiger partial charge in [0.15, 0.2) is 0 Å². The molecule has 0 radical (unpaired) electrons. The lowest BCUT2D eigenvalue weighted by molar-refractivity contribution is -0.384. The molecular weight excluding hydrogens is 530 g/mol. The van der Waals surface area contributed by atoms with E-state index in [9.17, 15) is 19.7 Å². The molecule has 220 valence electrons. The van der Waals surface area contributed by atoms with Crippen LogP contribution in [0.25, 0.3) is 0 Å². The Hall–Kier alpha value is -4.38. The van der Waals surface area contributed by atoms with Gasteiger partial charge in [0, 0.05) is 29.1 Å². The van der Waals surface area contributed by atoms with Crippen LogP contribution in [0.1, 0.15) is 44.6 Å². The van der Waals surface area contributed by atoms with Gasteiger partial charge in [-0.15, -0.1) is 0 Å². The molecule has 1 heterocycles. The predicted octanol–water partition coefficient (Wildman–Crippen LogP) is 4.39. The van der Waals surface area contributed by atoms with E-state index in [1.807, 2.05) is 30.3 Å². The summed E-state index contributed by atoms with van der Waals surface area (Å²) in [7, 11) is 2.47. The summed E-state index contributed by atoms with van der Waals surface area (Å²) >= 11 is 0. The lowest BCUT2D eigenvalue weighted by Gasteiger charge is -2.30. The van der Waals surface area contributed by atoms with E-state index in [2.05, 4.69) is 10.6 Å². The molecule has 0 spiro atoms. The number of hydrogen-bond acceptors (Lipinski definition) is 10.